The van der Waals surface area contributed by atoms with Crippen molar-refractivity contribution in [3.05, 3.63) is 46.1 Å². The summed E-state index contributed by atoms with van der Waals surface area (Å²) in [6.07, 6.45) is 0. The minimum atomic E-state index is -4.00. The van der Waals surface area contributed by atoms with Crippen molar-refractivity contribution in [3.8, 4) is 0 Å². The number of aliphatic hydroxyl groups excluding tert-OH is 1. The topological polar surface area (TPSA) is 79.5 Å². The van der Waals surface area contributed by atoms with Crippen LogP contribution in [0.3, 0.4) is 0 Å². The van der Waals surface area contributed by atoms with E-state index in [1.54, 1.807) is 0 Å². The fourth-order valence-electron chi connectivity index (χ4n) is 1.65. The fraction of sp³-hybridized carbons (Fsp3) is 0.167. The normalized spacial score (nSPS) is 11.6. The molecule has 2 rings (SSSR count). The van der Waals surface area contributed by atoms with Gasteiger partial charge in [0.05, 0.1) is 5.69 Å². The maximum Gasteiger partial charge on any atom is 0.265 e. The van der Waals surface area contributed by atoms with Crippen molar-refractivity contribution < 1.29 is 22.3 Å². The van der Waals surface area contributed by atoms with Crippen LogP contribution in [0.25, 0.3) is 0 Å². The highest BCUT2D eigenvalue weighted by Gasteiger charge is 2.23. The Balaban J connectivity index is 2.43. The summed E-state index contributed by atoms with van der Waals surface area (Å²) in [5, 5.41) is 8.94. The van der Waals surface area contributed by atoms with E-state index in [-0.39, 0.29) is 26.6 Å². The first-order chi connectivity index (χ1) is 9.35. The number of furan rings is 1. The summed E-state index contributed by atoms with van der Waals surface area (Å²) in [6.45, 7) is 1.03. The SMILES string of the molecule is Cc1oc(CO)cc1S(=O)(=O)Nc1c(F)cccc1Br. The predicted octanol–water partition coefficient (Wildman–Crippen LogP) is 2.78. The van der Waals surface area contributed by atoms with Crippen LogP contribution in [-0.2, 0) is 16.6 Å². The molecule has 0 saturated heterocycles. The first-order valence-electron chi connectivity index (χ1n) is 5.52. The maximum absolute atomic E-state index is 13.6. The van der Waals surface area contributed by atoms with E-state index in [0.717, 1.165) is 6.07 Å². The number of aliphatic hydroxyl groups is 1. The quantitative estimate of drug-likeness (QED) is 0.875. The Hall–Kier alpha value is -1.38. The molecule has 1 heterocycles. The maximum atomic E-state index is 13.6. The average molecular weight is 364 g/mol. The van der Waals surface area contributed by atoms with Crippen molar-refractivity contribution in [3.63, 3.8) is 0 Å². The van der Waals surface area contributed by atoms with E-state index in [1.165, 1.54) is 25.1 Å². The molecule has 108 valence electrons. The number of rotatable bonds is 4. The van der Waals surface area contributed by atoms with E-state index in [4.69, 9.17) is 9.52 Å². The van der Waals surface area contributed by atoms with E-state index in [9.17, 15) is 12.8 Å². The van der Waals surface area contributed by atoms with Gasteiger partial charge in [-0.05, 0) is 35.0 Å². The molecule has 20 heavy (non-hydrogen) atoms. The first kappa shape index (κ1) is 15.0. The highest BCUT2D eigenvalue weighted by Crippen LogP contribution is 2.29. The number of hydrogen-bond acceptors (Lipinski definition) is 4. The molecule has 0 amide bonds. The predicted molar refractivity (Wildman–Crippen MR) is 74.3 cm³/mol. The second-order valence-electron chi connectivity index (χ2n) is 3.99. The third kappa shape index (κ3) is 2.87. The molecular formula is C12H11BrFNO4S. The number of hydrogen-bond donors (Lipinski definition) is 2. The molecule has 1 aromatic carbocycles. The lowest BCUT2D eigenvalue weighted by Crippen LogP contribution is -2.14. The molecule has 0 aliphatic heterocycles. The molecule has 0 unspecified atom stereocenters. The molecule has 1 aromatic heterocycles. The summed E-state index contributed by atoms with van der Waals surface area (Å²) in [7, 11) is -4.00. The number of aryl methyl sites for hydroxylation is 1. The largest absolute Gasteiger partial charge is 0.462 e. The van der Waals surface area contributed by atoms with Crippen molar-refractivity contribution in [2.24, 2.45) is 0 Å². The molecule has 8 heteroatoms. The molecule has 0 bridgehead atoms. The average Bonchev–Trinajstić information content (AvgIpc) is 2.76. The Kier molecular flexibility index (Phi) is 4.17. The van der Waals surface area contributed by atoms with Crippen molar-refractivity contribution in [2.75, 3.05) is 4.72 Å². The Bertz CT molecular complexity index is 722. The zero-order valence-electron chi connectivity index (χ0n) is 10.4. The smallest absolute Gasteiger partial charge is 0.265 e. The fourth-order valence-corrected chi connectivity index (χ4v) is 3.52. The van der Waals surface area contributed by atoms with Crippen molar-refractivity contribution in [1.82, 2.24) is 0 Å². The summed E-state index contributed by atoms with van der Waals surface area (Å²) < 4.78 is 45.6. The van der Waals surface area contributed by atoms with E-state index >= 15 is 0 Å². The van der Waals surface area contributed by atoms with Gasteiger partial charge in [0.2, 0.25) is 0 Å². The summed E-state index contributed by atoms with van der Waals surface area (Å²) in [6, 6.07) is 5.31. The molecule has 2 N–H and O–H groups in total. The van der Waals surface area contributed by atoms with Gasteiger partial charge >= 0.3 is 0 Å². The number of para-hydroxylation sites is 1. The second kappa shape index (κ2) is 5.55. The second-order valence-corrected chi connectivity index (χ2v) is 6.50. The third-order valence-corrected chi connectivity index (χ3v) is 4.69. The Morgan fingerprint density at radius 1 is 1.45 bits per heavy atom. The van der Waals surface area contributed by atoms with E-state index in [0.29, 0.717) is 0 Å². The van der Waals surface area contributed by atoms with Crippen LogP contribution in [0.2, 0.25) is 0 Å². The number of benzene rings is 1. The Labute approximate surface area is 123 Å². The number of anilines is 1. The molecule has 2 aromatic rings. The zero-order valence-corrected chi connectivity index (χ0v) is 12.8. The Morgan fingerprint density at radius 3 is 2.70 bits per heavy atom. The molecule has 0 aliphatic rings. The third-order valence-electron chi connectivity index (χ3n) is 2.57. The monoisotopic (exact) mass is 363 g/mol. The van der Waals surface area contributed by atoms with Crippen molar-refractivity contribution in [1.29, 1.82) is 0 Å². The molecule has 0 saturated carbocycles. The molecule has 0 atom stereocenters. The van der Waals surface area contributed by atoms with Crippen LogP contribution in [0.1, 0.15) is 11.5 Å². The number of sulfonamides is 1. The lowest BCUT2D eigenvalue weighted by molar-refractivity contribution is 0.245. The van der Waals surface area contributed by atoms with Gasteiger partial charge in [-0.25, -0.2) is 12.8 Å². The standard InChI is InChI=1S/C12H11BrFNO4S/c1-7-11(5-8(6-16)19-7)20(17,18)15-12-9(13)3-2-4-10(12)14/h2-5,15-16H,6H2,1H3. The molecule has 0 spiro atoms. The van der Waals surface area contributed by atoms with Crippen LogP contribution in [0.5, 0.6) is 0 Å². The first-order valence-corrected chi connectivity index (χ1v) is 7.80. The summed E-state index contributed by atoms with van der Waals surface area (Å²) >= 11 is 3.08. The lowest BCUT2D eigenvalue weighted by atomic mass is 10.3. The molecule has 0 aliphatic carbocycles. The molecule has 5 nitrogen and oxygen atoms in total. The van der Waals surface area contributed by atoms with Crippen LogP contribution in [0.4, 0.5) is 10.1 Å². The Morgan fingerprint density at radius 2 is 2.15 bits per heavy atom. The van der Waals surface area contributed by atoms with Crippen molar-refractivity contribution >= 4 is 31.6 Å². The molecular weight excluding hydrogens is 353 g/mol. The van der Waals surface area contributed by atoms with Crippen LogP contribution in [0, 0.1) is 12.7 Å². The van der Waals surface area contributed by atoms with Crippen molar-refractivity contribution in [2.45, 2.75) is 18.4 Å². The van der Waals surface area contributed by atoms with Crippen LogP contribution in [0.15, 0.2) is 38.1 Å². The van der Waals surface area contributed by atoms with Gasteiger partial charge in [-0.15, -0.1) is 0 Å². The summed E-state index contributed by atoms with van der Waals surface area (Å²) in [4.78, 5) is -0.142. The molecule has 0 fully saturated rings. The summed E-state index contributed by atoms with van der Waals surface area (Å²) in [5.74, 6) is -0.462. The van der Waals surface area contributed by atoms with Crippen LogP contribution >= 0.6 is 15.9 Å². The van der Waals surface area contributed by atoms with E-state index in [1.807, 2.05) is 0 Å². The highest BCUT2D eigenvalue weighted by atomic mass is 79.9. The zero-order chi connectivity index (χ0) is 14.9. The van der Waals surface area contributed by atoms with Crippen LogP contribution in [-0.4, -0.2) is 13.5 Å². The minimum Gasteiger partial charge on any atom is -0.462 e. The molecule has 0 radical (unpaired) electrons. The van der Waals surface area contributed by atoms with Gasteiger partial charge in [0.1, 0.15) is 28.8 Å². The van der Waals surface area contributed by atoms with E-state index in [2.05, 4.69) is 20.7 Å². The number of halogens is 2. The summed E-state index contributed by atoms with van der Waals surface area (Å²) in [5.41, 5.74) is -0.182. The lowest BCUT2D eigenvalue weighted by Gasteiger charge is -2.09. The minimum absolute atomic E-state index is 0.119. The van der Waals surface area contributed by atoms with Gasteiger partial charge in [-0.1, -0.05) is 6.07 Å². The van der Waals surface area contributed by atoms with Gasteiger partial charge in [0, 0.05) is 10.5 Å². The highest BCUT2D eigenvalue weighted by molar-refractivity contribution is 9.10. The van der Waals surface area contributed by atoms with E-state index < -0.39 is 22.4 Å². The number of nitrogens with one attached hydrogen (secondary N) is 1. The van der Waals surface area contributed by atoms with Gasteiger partial charge in [0.25, 0.3) is 10.0 Å². The van der Waals surface area contributed by atoms with Gasteiger partial charge in [0.15, 0.2) is 0 Å². The van der Waals surface area contributed by atoms with Gasteiger partial charge < -0.3 is 9.52 Å². The van der Waals surface area contributed by atoms with Gasteiger partial charge in [-0.3, -0.25) is 4.72 Å². The van der Waals surface area contributed by atoms with Gasteiger partial charge in [-0.2, -0.15) is 0 Å². The van der Waals surface area contributed by atoms with Crippen LogP contribution < -0.4 is 4.72 Å².